The van der Waals surface area contributed by atoms with Gasteiger partial charge in [0.25, 0.3) is 0 Å². The van der Waals surface area contributed by atoms with Crippen molar-refractivity contribution >= 4 is 11.9 Å². The van der Waals surface area contributed by atoms with Crippen molar-refractivity contribution < 1.29 is 24.5 Å². The van der Waals surface area contributed by atoms with Gasteiger partial charge in [-0.3, -0.25) is 9.59 Å². The predicted molar refractivity (Wildman–Crippen MR) is 366 cm³/mol. The molecule has 0 radical (unpaired) electrons. The molecule has 0 saturated carbocycles. The largest absolute Gasteiger partial charge is 0.466 e. The van der Waals surface area contributed by atoms with Crippen molar-refractivity contribution in [1.29, 1.82) is 0 Å². The first-order valence-electron chi connectivity index (χ1n) is 37.8. The molecule has 0 heterocycles. The molecule has 0 spiro atoms. The van der Waals surface area contributed by atoms with Crippen LogP contribution in [0.4, 0.5) is 0 Å². The average molecular weight is 1170 g/mol. The highest BCUT2D eigenvalue weighted by Gasteiger charge is 2.18. The zero-order chi connectivity index (χ0) is 59.9. The molecule has 0 fully saturated rings. The molecule has 0 aromatic heterocycles. The van der Waals surface area contributed by atoms with Gasteiger partial charge in [-0.2, -0.15) is 0 Å². The Morgan fingerprint density at radius 2 is 0.578 bits per heavy atom. The number of allylic oxidation sites excluding steroid dienone is 5. The van der Waals surface area contributed by atoms with E-state index in [2.05, 4.69) is 43.5 Å². The first-order chi connectivity index (χ1) is 41.0. The van der Waals surface area contributed by atoms with Crippen molar-refractivity contribution in [2.45, 2.75) is 431 Å². The number of carbonyl (C=O) groups is 2. The van der Waals surface area contributed by atoms with E-state index in [-0.39, 0.29) is 18.5 Å². The van der Waals surface area contributed by atoms with Gasteiger partial charge in [-0.05, 0) is 77.0 Å². The fourth-order valence-electron chi connectivity index (χ4n) is 11.8. The number of unbranched alkanes of at least 4 members (excludes halogenated alkanes) is 56. The van der Waals surface area contributed by atoms with Crippen LogP contribution in [-0.2, 0) is 14.3 Å². The Hall–Kier alpha value is -1.92. The molecule has 0 bridgehead atoms. The van der Waals surface area contributed by atoms with Gasteiger partial charge in [-0.25, -0.2) is 0 Å². The van der Waals surface area contributed by atoms with Crippen LogP contribution in [0.5, 0.6) is 0 Å². The van der Waals surface area contributed by atoms with Crippen LogP contribution in [0.25, 0.3) is 0 Å². The van der Waals surface area contributed by atoms with E-state index < -0.39 is 12.1 Å². The summed E-state index contributed by atoms with van der Waals surface area (Å²) in [4.78, 5) is 24.6. The molecule has 83 heavy (non-hydrogen) atoms. The van der Waals surface area contributed by atoms with Gasteiger partial charge in [-0.1, -0.05) is 365 Å². The lowest BCUT2D eigenvalue weighted by atomic mass is 10.0. The number of ether oxygens (including phenoxy) is 1. The number of rotatable bonds is 71. The summed E-state index contributed by atoms with van der Waals surface area (Å²) in [7, 11) is 0. The summed E-state index contributed by atoms with van der Waals surface area (Å²) in [5.74, 6) is -0.0556. The van der Waals surface area contributed by atoms with Crippen molar-refractivity contribution in [2.24, 2.45) is 0 Å². The minimum Gasteiger partial charge on any atom is -0.466 e. The highest BCUT2D eigenvalue weighted by molar-refractivity contribution is 5.76. The van der Waals surface area contributed by atoms with Crippen LogP contribution in [-0.4, -0.2) is 47.4 Å². The predicted octanol–water partition coefficient (Wildman–Crippen LogP) is 24.7. The quantitative estimate of drug-likeness (QED) is 0.0320. The minimum absolute atomic E-state index is 0.00615. The number of esters is 1. The summed E-state index contributed by atoms with van der Waals surface area (Å²) in [5, 5.41) is 23.3. The van der Waals surface area contributed by atoms with Crippen molar-refractivity contribution in [3.8, 4) is 0 Å². The van der Waals surface area contributed by atoms with Crippen molar-refractivity contribution in [3.05, 3.63) is 36.5 Å². The van der Waals surface area contributed by atoms with Gasteiger partial charge >= 0.3 is 5.97 Å². The van der Waals surface area contributed by atoms with E-state index in [0.29, 0.717) is 19.4 Å². The summed E-state index contributed by atoms with van der Waals surface area (Å²) in [5.41, 5.74) is 0. The number of hydrogen-bond acceptors (Lipinski definition) is 5. The summed E-state index contributed by atoms with van der Waals surface area (Å²) < 4.78 is 5.47. The normalized spacial score (nSPS) is 12.7. The first kappa shape index (κ1) is 81.1. The molecule has 0 aromatic carbocycles. The Kier molecular flexibility index (Phi) is 70.9. The van der Waals surface area contributed by atoms with E-state index in [1.807, 2.05) is 6.08 Å². The molecular formula is C77H147NO5. The third-order valence-electron chi connectivity index (χ3n) is 17.6. The number of carbonyl (C=O) groups excluding carboxylic acids is 2. The Morgan fingerprint density at radius 3 is 0.892 bits per heavy atom. The highest BCUT2D eigenvalue weighted by Crippen LogP contribution is 2.19. The summed E-state index contributed by atoms with van der Waals surface area (Å²) in [6.07, 6.45) is 93.9. The van der Waals surface area contributed by atoms with Crippen LogP contribution in [0.15, 0.2) is 36.5 Å². The zero-order valence-corrected chi connectivity index (χ0v) is 56.2. The molecule has 2 unspecified atom stereocenters. The Bertz CT molecular complexity index is 1340. The molecule has 0 saturated heterocycles. The first-order valence-corrected chi connectivity index (χ1v) is 37.8. The molecule has 0 aliphatic carbocycles. The van der Waals surface area contributed by atoms with Gasteiger partial charge in [-0.15, -0.1) is 0 Å². The molecule has 6 heteroatoms. The molecule has 0 aliphatic rings. The van der Waals surface area contributed by atoms with E-state index >= 15 is 0 Å². The molecule has 3 N–H and O–H groups in total. The summed E-state index contributed by atoms with van der Waals surface area (Å²) in [6, 6.07) is -0.628. The van der Waals surface area contributed by atoms with E-state index in [1.54, 1.807) is 6.08 Å². The molecular weight excluding hydrogens is 1020 g/mol. The second-order valence-electron chi connectivity index (χ2n) is 26.0. The molecule has 0 rings (SSSR count). The monoisotopic (exact) mass is 1170 g/mol. The standard InChI is InChI=1S/C77H147NO5/c1-3-5-7-9-11-13-15-16-17-18-19-20-21-28-31-34-37-40-43-46-50-53-57-61-65-69-75(80)74(73-79)78-76(81)70-66-62-58-54-51-47-44-41-38-35-32-29-26-24-22-23-25-27-30-33-36-39-42-45-48-52-56-60-64-68-72-83-77(82)71-67-63-59-55-49-14-12-10-8-6-4-2/h10,12,23,25,65,69,74-75,79-80H,3-9,11,13-22,24,26-64,66-68,70-73H2,1-2H3,(H,78,81)/b12-10-,25-23-,69-65+. The number of aliphatic hydroxyl groups excluding tert-OH is 2. The van der Waals surface area contributed by atoms with Gasteiger partial charge < -0.3 is 20.3 Å². The third-order valence-corrected chi connectivity index (χ3v) is 17.6. The Labute approximate surface area is 519 Å². The Morgan fingerprint density at radius 1 is 0.325 bits per heavy atom. The average Bonchev–Trinajstić information content (AvgIpc) is 3.49. The maximum Gasteiger partial charge on any atom is 0.305 e. The van der Waals surface area contributed by atoms with Crippen molar-refractivity contribution in [3.63, 3.8) is 0 Å². The zero-order valence-electron chi connectivity index (χ0n) is 56.2. The van der Waals surface area contributed by atoms with E-state index in [4.69, 9.17) is 4.74 Å². The number of nitrogens with one attached hydrogen (secondary N) is 1. The fraction of sp³-hybridized carbons (Fsp3) is 0.896. The molecule has 2 atom stereocenters. The van der Waals surface area contributed by atoms with Gasteiger partial charge in [0.2, 0.25) is 5.91 Å². The molecule has 0 aromatic rings. The lowest BCUT2D eigenvalue weighted by molar-refractivity contribution is -0.143. The lowest BCUT2D eigenvalue weighted by Gasteiger charge is -2.20. The van der Waals surface area contributed by atoms with Gasteiger partial charge in [0.1, 0.15) is 0 Å². The van der Waals surface area contributed by atoms with Crippen LogP contribution >= 0.6 is 0 Å². The number of amides is 1. The minimum atomic E-state index is -0.845. The van der Waals surface area contributed by atoms with Crippen LogP contribution < -0.4 is 5.32 Å². The van der Waals surface area contributed by atoms with Crippen molar-refractivity contribution in [2.75, 3.05) is 13.2 Å². The van der Waals surface area contributed by atoms with Crippen LogP contribution in [0.2, 0.25) is 0 Å². The van der Waals surface area contributed by atoms with E-state index in [9.17, 15) is 19.8 Å². The van der Waals surface area contributed by atoms with Crippen LogP contribution in [0.1, 0.15) is 418 Å². The molecule has 6 nitrogen and oxygen atoms in total. The lowest BCUT2D eigenvalue weighted by Crippen LogP contribution is -2.45. The summed E-state index contributed by atoms with van der Waals surface area (Å²) in [6.45, 7) is 4.91. The topological polar surface area (TPSA) is 95.9 Å². The second-order valence-corrected chi connectivity index (χ2v) is 26.0. The Balaban J connectivity index is 3.40. The van der Waals surface area contributed by atoms with Crippen molar-refractivity contribution in [1.82, 2.24) is 5.32 Å². The molecule has 1 amide bonds. The van der Waals surface area contributed by atoms with E-state index in [0.717, 1.165) is 44.9 Å². The van der Waals surface area contributed by atoms with Gasteiger partial charge in [0.05, 0.1) is 25.4 Å². The number of hydrogen-bond donors (Lipinski definition) is 3. The second kappa shape index (κ2) is 72.6. The highest BCUT2D eigenvalue weighted by atomic mass is 16.5. The summed E-state index contributed by atoms with van der Waals surface area (Å²) >= 11 is 0. The maximum atomic E-state index is 12.5. The van der Waals surface area contributed by atoms with Gasteiger partial charge in [0.15, 0.2) is 0 Å². The van der Waals surface area contributed by atoms with Crippen LogP contribution in [0, 0.1) is 0 Å². The number of aliphatic hydroxyl groups is 2. The fourth-order valence-corrected chi connectivity index (χ4v) is 11.8. The maximum absolute atomic E-state index is 12.5. The van der Waals surface area contributed by atoms with Gasteiger partial charge in [0, 0.05) is 12.8 Å². The SMILES string of the molecule is CCCC/C=C\CCCCCCCC(=O)OCCCCCCCCCCCCCC/C=C\CCCCCCCCCCCCCCCCC(=O)NC(CO)C(O)/C=C/CCCCCCCCCCCCCCCCCCCCCCCCC. The molecule has 0 aliphatic heterocycles. The van der Waals surface area contributed by atoms with E-state index in [1.165, 1.54) is 347 Å². The smallest absolute Gasteiger partial charge is 0.305 e. The molecule has 490 valence electrons. The third kappa shape index (κ3) is 69.1. The van der Waals surface area contributed by atoms with Crippen LogP contribution in [0.3, 0.4) is 0 Å².